The van der Waals surface area contributed by atoms with Crippen molar-refractivity contribution >= 4 is 11.8 Å². The van der Waals surface area contributed by atoms with E-state index in [1.54, 1.807) is 0 Å². The highest BCUT2D eigenvalue weighted by atomic mass is 16.5. The van der Waals surface area contributed by atoms with Gasteiger partial charge in [0.2, 0.25) is 11.8 Å². The Morgan fingerprint density at radius 3 is 2.09 bits per heavy atom. The van der Waals surface area contributed by atoms with Gasteiger partial charge in [-0.15, -0.1) is 0 Å². The molecule has 1 unspecified atom stereocenters. The third-order valence-electron chi connectivity index (χ3n) is 6.01. The molecule has 1 saturated heterocycles. The molecule has 0 spiro atoms. The van der Waals surface area contributed by atoms with Crippen molar-refractivity contribution in [3.63, 3.8) is 0 Å². The fraction of sp³-hybridized carbons (Fsp3) is 0.920. The summed E-state index contributed by atoms with van der Waals surface area (Å²) < 4.78 is 10.9. The van der Waals surface area contributed by atoms with E-state index in [9.17, 15) is 9.59 Å². The van der Waals surface area contributed by atoms with Gasteiger partial charge >= 0.3 is 0 Å². The number of hydrogen-bond acceptors (Lipinski definition) is 6. The number of amides is 2. The van der Waals surface area contributed by atoms with Crippen LogP contribution < -0.4 is 11.1 Å². The summed E-state index contributed by atoms with van der Waals surface area (Å²) >= 11 is 0. The number of carbonyl (C=O) groups is 2. The van der Waals surface area contributed by atoms with Crippen molar-refractivity contribution < 1.29 is 19.1 Å². The third-order valence-corrected chi connectivity index (χ3v) is 6.01. The number of nitrogens with two attached hydrogens (primary N) is 1. The van der Waals surface area contributed by atoms with Crippen molar-refractivity contribution in [2.75, 3.05) is 46.1 Å². The molecule has 1 aliphatic heterocycles. The van der Waals surface area contributed by atoms with Crippen LogP contribution in [0.5, 0.6) is 0 Å². The fourth-order valence-electron chi connectivity index (χ4n) is 4.07. The minimum atomic E-state index is -0.242. The van der Waals surface area contributed by atoms with Crippen LogP contribution in [0.25, 0.3) is 0 Å². The van der Waals surface area contributed by atoms with E-state index in [1.807, 2.05) is 0 Å². The minimum absolute atomic E-state index is 0.0649. The smallest absolute Gasteiger partial charge is 0.246 e. The molecule has 0 aliphatic carbocycles. The number of carbonyl (C=O) groups excluding carboxylic acids is 2. The Balaban J connectivity index is 2.29. The van der Waals surface area contributed by atoms with E-state index in [2.05, 4.69) is 12.2 Å². The van der Waals surface area contributed by atoms with E-state index < -0.39 is 0 Å². The lowest BCUT2D eigenvalue weighted by atomic mass is 10.0. The van der Waals surface area contributed by atoms with Crippen LogP contribution in [0.2, 0.25) is 0 Å². The van der Waals surface area contributed by atoms with Crippen molar-refractivity contribution in [1.82, 2.24) is 10.2 Å². The van der Waals surface area contributed by atoms with Crippen LogP contribution in [-0.4, -0.2) is 68.8 Å². The van der Waals surface area contributed by atoms with Gasteiger partial charge in [0, 0.05) is 13.0 Å². The van der Waals surface area contributed by atoms with E-state index in [1.165, 1.54) is 56.3 Å². The number of nitrogens with zero attached hydrogens (tertiary/aromatic N) is 1. The van der Waals surface area contributed by atoms with E-state index in [4.69, 9.17) is 15.2 Å². The van der Waals surface area contributed by atoms with Gasteiger partial charge in [-0.2, -0.15) is 0 Å². The van der Waals surface area contributed by atoms with Crippen molar-refractivity contribution in [2.45, 2.75) is 103 Å². The van der Waals surface area contributed by atoms with Crippen LogP contribution in [-0.2, 0) is 19.1 Å². The molecule has 7 nitrogen and oxygen atoms in total. The van der Waals surface area contributed by atoms with Crippen molar-refractivity contribution in [3.8, 4) is 0 Å². The number of ether oxygens (including phenoxy) is 2. The first-order valence-corrected chi connectivity index (χ1v) is 13.1. The van der Waals surface area contributed by atoms with Crippen LogP contribution in [0, 0.1) is 0 Å². The molecule has 0 aromatic carbocycles. The lowest BCUT2D eigenvalue weighted by Gasteiger charge is -2.29. The molecule has 1 heterocycles. The molecule has 1 aliphatic rings. The van der Waals surface area contributed by atoms with Gasteiger partial charge < -0.3 is 20.5 Å². The maximum Gasteiger partial charge on any atom is 0.246 e. The first-order chi connectivity index (χ1) is 15.7. The van der Waals surface area contributed by atoms with Crippen LogP contribution in [0.1, 0.15) is 96.8 Å². The van der Waals surface area contributed by atoms with Gasteiger partial charge in [0.1, 0.15) is 0 Å². The van der Waals surface area contributed by atoms with Gasteiger partial charge in [-0.1, -0.05) is 71.1 Å². The number of rotatable bonds is 20. The van der Waals surface area contributed by atoms with Crippen LogP contribution in [0.4, 0.5) is 0 Å². The quantitative estimate of drug-likeness (QED) is 0.271. The molecule has 32 heavy (non-hydrogen) atoms. The minimum Gasteiger partial charge on any atom is -0.378 e. The molecular formula is C25H49N3O4. The summed E-state index contributed by atoms with van der Waals surface area (Å²) in [6.07, 6.45) is 15.6. The SMILES string of the molecule is CCCCCCCCCCCCC(=O)N(CCOCCOCCN)C(=O)C1CCCCN1. The summed E-state index contributed by atoms with van der Waals surface area (Å²) in [5, 5.41) is 3.27. The second-order valence-corrected chi connectivity index (χ2v) is 8.83. The number of unbranched alkanes of at least 4 members (excludes halogenated alkanes) is 9. The lowest BCUT2D eigenvalue weighted by Crippen LogP contribution is -2.51. The molecule has 188 valence electrons. The highest BCUT2D eigenvalue weighted by Gasteiger charge is 2.29. The van der Waals surface area contributed by atoms with Crippen molar-refractivity contribution in [3.05, 3.63) is 0 Å². The Morgan fingerprint density at radius 1 is 0.875 bits per heavy atom. The van der Waals surface area contributed by atoms with Crippen LogP contribution in [0.15, 0.2) is 0 Å². The molecule has 3 N–H and O–H groups in total. The summed E-state index contributed by atoms with van der Waals surface area (Å²) in [5.74, 6) is -0.158. The molecule has 0 aromatic heterocycles. The number of nitrogens with one attached hydrogen (secondary N) is 1. The molecule has 2 amide bonds. The first-order valence-electron chi connectivity index (χ1n) is 13.1. The maximum atomic E-state index is 13.0. The molecule has 0 bridgehead atoms. The highest BCUT2D eigenvalue weighted by Crippen LogP contribution is 2.14. The average Bonchev–Trinajstić information content (AvgIpc) is 2.82. The van der Waals surface area contributed by atoms with Crippen molar-refractivity contribution in [2.24, 2.45) is 5.73 Å². The summed E-state index contributed by atoms with van der Waals surface area (Å²) in [4.78, 5) is 27.3. The molecule has 1 atom stereocenters. The van der Waals surface area contributed by atoms with E-state index in [0.717, 1.165) is 38.6 Å². The molecule has 0 saturated carbocycles. The summed E-state index contributed by atoms with van der Waals surface area (Å²) in [6, 6.07) is -0.242. The lowest BCUT2D eigenvalue weighted by molar-refractivity contribution is -0.147. The van der Waals surface area contributed by atoms with E-state index >= 15 is 0 Å². The van der Waals surface area contributed by atoms with Crippen LogP contribution >= 0.6 is 0 Å². The maximum absolute atomic E-state index is 13.0. The zero-order chi connectivity index (χ0) is 23.3. The third kappa shape index (κ3) is 14.2. The zero-order valence-corrected chi connectivity index (χ0v) is 20.6. The standard InChI is InChI=1S/C25H49N3O4/c1-2-3-4-5-6-7-8-9-10-11-15-24(29)28(18-20-32-22-21-31-19-16-26)25(30)23-14-12-13-17-27-23/h23,27H,2-22,26H2,1H3. The van der Waals surface area contributed by atoms with E-state index in [0.29, 0.717) is 45.9 Å². The molecule has 7 heteroatoms. The Morgan fingerprint density at radius 2 is 1.50 bits per heavy atom. The molecule has 1 fully saturated rings. The Kier molecular flexibility index (Phi) is 18.7. The largest absolute Gasteiger partial charge is 0.378 e. The van der Waals surface area contributed by atoms with E-state index in [-0.39, 0.29) is 17.9 Å². The van der Waals surface area contributed by atoms with Gasteiger partial charge in [0.25, 0.3) is 0 Å². The predicted molar refractivity (Wildman–Crippen MR) is 130 cm³/mol. The summed E-state index contributed by atoms with van der Waals surface area (Å²) in [7, 11) is 0. The first kappa shape index (κ1) is 29.0. The predicted octanol–water partition coefficient (Wildman–Crippen LogP) is 3.79. The molecule has 0 aromatic rings. The number of piperidine rings is 1. The zero-order valence-electron chi connectivity index (χ0n) is 20.6. The van der Waals surface area contributed by atoms with Gasteiger partial charge in [0.15, 0.2) is 0 Å². The van der Waals surface area contributed by atoms with Crippen LogP contribution in [0.3, 0.4) is 0 Å². The monoisotopic (exact) mass is 455 g/mol. The second-order valence-electron chi connectivity index (χ2n) is 8.83. The normalized spacial score (nSPS) is 16.2. The molecular weight excluding hydrogens is 406 g/mol. The van der Waals surface area contributed by atoms with Gasteiger partial charge in [-0.3, -0.25) is 14.5 Å². The Labute approximate surface area is 196 Å². The second kappa shape index (κ2) is 20.6. The van der Waals surface area contributed by atoms with Crippen molar-refractivity contribution in [1.29, 1.82) is 0 Å². The Hall–Kier alpha value is -1.02. The number of imide groups is 1. The fourth-order valence-corrected chi connectivity index (χ4v) is 4.07. The van der Waals surface area contributed by atoms with Gasteiger partial charge in [-0.05, 0) is 25.8 Å². The topological polar surface area (TPSA) is 93.9 Å². The Bertz CT molecular complexity index is 470. The van der Waals surface area contributed by atoms with Gasteiger partial charge in [-0.25, -0.2) is 0 Å². The highest BCUT2D eigenvalue weighted by molar-refractivity contribution is 5.97. The summed E-state index contributed by atoms with van der Waals surface area (Å²) in [5.41, 5.74) is 5.39. The molecule has 1 rings (SSSR count). The number of hydrogen-bond donors (Lipinski definition) is 2. The molecule has 0 radical (unpaired) electrons. The summed E-state index contributed by atoms with van der Waals surface area (Å²) in [6.45, 7) is 5.65. The van der Waals surface area contributed by atoms with Gasteiger partial charge in [0.05, 0.1) is 39.0 Å². The average molecular weight is 456 g/mol.